The molecule has 1 saturated heterocycles. The van der Waals surface area contributed by atoms with E-state index in [2.05, 4.69) is 17.0 Å². The summed E-state index contributed by atoms with van der Waals surface area (Å²) in [5.41, 5.74) is -0.331. The average Bonchev–Trinajstić information content (AvgIpc) is 3.02. The first-order valence-corrected chi connectivity index (χ1v) is 13.0. The Bertz CT molecular complexity index is 933. The second kappa shape index (κ2) is 11.5. The number of aliphatic hydroxyl groups is 2. The first kappa shape index (κ1) is 25.6. The van der Waals surface area contributed by atoms with Crippen LogP contribution >= 0.6 is 23.2 Å². The molecule has 2 N–H and O–H groups in total. The Hall–Kier alpha value is -1.50. The Balaban J connectivity index is 1.24. The van der Waals surface area contributed by atoms with Crippen molar-refractivity contribution < 1.29 is 19.7 Å². The molecule has 7 heteroatoms. The smallest absolute Gasteiger partial charge is 0.121 e. The van der Waals surface area contributed by atoms with Gasteiger partial charge in [0.2, 0.25) is 0 Å². The molecule has 1 aliphatic heterocycles. The van der Waals surface area contributed by atoms with E-state index < -0.39 is 11.2 Å². The van der Waals surface area contributed by atoms with Crippen LogP contribution in [0.2, 0.25) is 10.0 Å². The van der Waals surface area contributed by atoms with Gasteiger partial charge >= 0.3 is 0 Å². The first-order chi connectivity index (χ1) is 16.3. The Morgan fingerprint density at radius 1 is 0.706 bits per heavy atom. The lowest BCUT2D eigenvalue weighted by molar-refractivity contribution is -0.0339. The number of ether oxygens (including phenoxy) is 2. The zero-order chi connectivity index (χ0) is 24.0. The van der Waals surface area contributed by atoms with Crippen molar-refractivity contribution in [3.05, 3.63) is 58.1 Å². The number of rotatable bonds is 8. The van der Waals surface area contributed by atoms with Gasteiger partial charge in [-0.2, -0.15) is 0 Å². The van der Waals surface area contributed by atoms with E-state index in [1.165, 1.54) is 12.0 Å². The maximum absolute atomic E-state index is 11.1. The van der Waals surface area contributed by atoms with E-state index in [1.807, 2.05) is 12.1 Å². The minimum absolute atomic E-state index is 0.233. The molecule has 2 fully saturated rings. The number of hydrogen-bond donors (Lipinski definition) is 2. The fourth-order valence-electron chi connectivity index (χ4n) is 4.84. The number of nitrogens with zero attached hydrogens (tertiary/aromatic N) is 1. The van der Waals surface area contributed by atoms with Gasteiger partial charge in [0, 0.05) is 19.2 Å². The standard InChI is InChI=1S/C27H35Cl2NO4/c28-24-10-9-23(17-25(24)29)34-20-27(32)13-4-15-30(16-14-27)18-21-5-7-22(8-6-21)33-19-26(31)11-2-1-3-12-26/h5-10,17,31-32H,1-4,11-16,18-20H2/t27-/m1/s1. The van der Waals surface area contributed by atoms with Crippen molar-refractivity contribution in [2.75, 3.05) is 26.3 Å². The molecular weight excluding hydrogens is 473 g/mol. The van der Waals surface area contributed by atoms with Crippen molar-refractivity contribution in [2.45, 2.75) is 69.1 Å². The highest BCUT2D eigenvalue weighted by atomic mass is 35.5. The highest BCUT2D eigenvalue weighted by molar-refractivity contribution is 6.42. The molecule has 34 heavy (non-hydrogen) atoms. The van der Waals surface area contributed by atoms with Crippen molar-refractivity contribution in [2.24, 2.45) is 0 Å². The SMILES string of the molecule is OC1(COc2ccc(CN3CCC[C@](O)(COc4ccc(Cl)c(Cl)c4)CC3)cc2)CCCCC1. The van der Waals surface area contributed by atoms with Crippen molar-refractivity contribution in [1.29, 1.82) is 0 Å². The van der Waals surface area contributed by atoms with Crippen molar-refractivity contribution in [3.63, 3.8) is 0 Å². The van der Waals surface area contributed by atoms with Gasteiger partial charge in [0.25, 0.3) is 0 Å². The molecule has 1 aliphatic carbocycles. The molecule has 1 atom stereocenters. The van der Waals surface area contributed by atoms with Crippen LogP contribution in [0.15, 0.2) is 42.5 Å². The van der Waals surface area contributed by atoms with E-state index in [9.17, 15) is 10.2 Å². The van der Waals surface area contributed by atoms with Crippen molar-refractivity contribution in [1.82, 2.24) is 4.90 Å². The van der Waals surface area contributed by atoms with E-state index in [0.29, 0.717) is 35.2 Å². The molecule has 0 aromatic heterocycles. The lowest BCUT2D eigenvalue weighted by Crippen LogP contribution is -2.37. The van der Waals surface area contributed by atoms with Gasteiger partial charge in [-0.3, -0.25) is 4.90 Å². The molecule has 0 spiro atoms. The van der Waals surface area contributed by atoms with Gasteiger partial charge in [-0.05, 0) is 68.5 Å². The number of hydrogen-bond acceptors (Lipinski definition) is 5. The quantitative estimate of drug-likeness (QED) is 0.468. The zero-order valence-corrected chi connectivity index (χ0v) is 21.2. The van der Waals surface area contributed by atoms with E-state index in [1.54, 1.807) is 18.2 Å². The predicted molar refractivity (Wildman–Crippen MR) is 136 cm³/mol. The molecule has 0 unspecified atom stereocenters. The summed E-state index contributed by atoms with van der Waals surface area (Å²) in [6, 6.07) is 13.3. The maximum atomic E-state index is 11.1. The Kier molecular flexibility index (Phi) is 8.65. The molecule has 4 rings (SSSR count). The lowest BCUT2D eigenvalue weighted by Gasteiger charge is -2.31. The third kappa shape index (κ3) is 7.25. The van der Waals surface area contributed by atoms with Gasteiger partial charge in [0.15, 0.2) is 0 Å². The molecule has 1 heterocycles. The average molecular weight is 508 g/mol. The van der Waals surface area contributed by atoms with Gasteiger partial charge in [-0.1, -0.05) is 54.6 Å². The fraction of sp³-hybridized carbons (Fsp3) is 0.556. The molecule has 1 saturated carbocycles. The van der Waals surface area contributed by atoms with E-state index >= 15 is 0 Å². The molecule has 5 nitrogen and oxygen atoms in total. The largest absolute Gasteiger partial charge is 0.491 e. The molecule has 0 radical (unpaired) electrons. The minimum Gasteiger partial charge on any atom is -0.491 e. The molecule has 186 valence electrons. The highest BCUT2D eigenvalue weighted by Crippen LogP contribution is 2.30. The second-order valence-electron chi connectivity index (χ2n) is 9.94. The maximum Gasteiger partial charge on any atom is 0.121 e. The van der Waals surface area contributed by atoms with E-state index in [0.717, 1.165) is 57.5 Å². The molecule has 0 amide bonds. The summed E-state index contributed by atoms with van der Waals surface area (Å²) in [4.78, 5) is 2.37. The molecule has 0 bridgehead atoms. The summed E-state index contributed by atoms with van der Waals surface area (Å²) in [6.07, 6.45) is 7.25. The van der Waals surface area contributed by atoms with Crippen LogP contribution < -0.4 is 9.47 Å². The van der Waals surface area contributed by atoms with Crippen LogP contribution in [0.3, 0.4) is 0 Å². The number of benzene rings is 2. The zero-order valence-electron chi connectivity index (χ0n) is 19.6. The highest BCUT2D eigenvalue weighted by Gasteiger charge is 2.32. The van der Waals surface area contributed by atoms with Gasteiger partial charge in [-0.25, -0.2) is 0 Å². The lowest BCUT2D eigenvalue weighted by atomic mass is 9.85. The summed E-state index contributed by atoms with van der Waals surface area (Å²) in [7, 11) is 0. The first-order valence-electron chi connectivity index (χ1n) is 12.3. The topological polar surface area (TPSA) is 62.2 Å². The Morgan fingerprint density at radius 2 is 1.32 bits per heavy atom. The second-order valence-corrected chi connectivity index (χ2v) is 10.8. The Labute approximate surface area is 212 Å². The van der Waals surface area contributed by atoms with Gasteiger partial charge in [-0.15, -0.1) is 0 Å². The van der Waals surface area contributed by atoms with Crippen LogP contribution in [0.1, 0.15) is 56.9 Å². The summed E-state index contributed by atoms with van der Waals surface area (Å²) in [6.45, 7) is 3.15. The summed E-state index contributed by atoms with van der Waals surface area (Å²) < 4.78 is 11.7. The number of likely N-dealkylation sites (tertiary alicyclic amines) is 1. The molecule has 2 aromatic rings. The summed E-state index contributed by atoms with van der Waals surface area (Å²) in [5, 5.41) is 22.7. The van der Waals surface area contributed by atoms with Crippen LogP contribution in [0.4, 0.5) is 0 Å². The minimum atomic E-state index is -0.863. The van der Waals surface area contributed by atoms with Crippen molar-refractivity contribution >= 4 is 23.2 Å². The number of halogens is 2. The van der Waals surface area contributed by atoms with E-state index in [-0.39, 0.29) is 6.61 Å². The van der Waals surface area contributed by atoms with Crippen LogP contribution in [0, 0.1) is 0 Å². The monoisotopic (exact) mass is 507 g/mol. The van der Waals surface area contributed by atoms with Crippen LogP contribution in [-0.2, 0) is 6.54 Å². The van der Waals surface area contributed by atoms with Gasteiger partial charge in [0.05, 0.1) is 21.2 Å². The van der Waals surface area contributed by atoms with Crippen LogP contribution in [0.5, 0.6) is 11.5 Å². The van der Waals surface area contributed by atoms with Crippen LogP contribution in [0.25, 0.3) is 0 Å². The fourth-order valence-corrected chi connectivity index (χ4v) is 5.13. The predicted octanol–water partition coefficient (Wildman–Crippen LogP) is 5.86. The normalized spacial score (nSPS) is 23.3. The third-order valence-electron chi connectivity index (χ3n) is 7.03. The van der Waals surface area contributed by atoms with Crippen LogP contribution in [-0.4, -0.2) is 52.6 Å². The molecular formula is C27H35Cl2NO4. The molecule has 2 aliphatic rings. The van der Waals surface area contributed by atoms with Gasteiger partial charge in [0.1, 0.15) is 24.7 Å². The summed E-state index contributed by atoms with van der Waals surface area (Å²) >= 11 is 12.0. The van der Waals surface area contributed by atoms with Crippen molar-refractivity contribution in [3.8, 4) is 11.5 Å². The third-order valence-corrected chi connectivity index (χ3v) is 7.77. The Morgan fingerprint density at radius 3 is 2.03 bits per heavy atom. The summed E-state index contributed by atoms with van der Waals surface area (Å²) in [5.74, 6) is 1.41. The van der Waals surface area contributed by atoms with Gasteiger partial charge < -0.3 is 19.7 Å². The molecule has 2 aromatic carbocycles. The van der Waals surface area contributed by atoms with E-state index in [4.69, 9.17) is 32.7 Å².